The first kappa shape index (κ1) is 12.2. The van der Waals surface area contributed by atoms with Gasteiger partial charge in [-0.15, -0.1) is 0 Å². The van der Waals surface area contributed by atoms with Crippen molar-refractivity contribution in [1.82, 2.24) is 0 Å². The number of nitrogens with one attached hydrogen (secondary N) is 1. The maximum atomic E-state index is 8.71. The van der Waals surface area contributed by atoms with Crippen molar-refractivity contribution in [2.24, 2.45) is 0 Å². The van der Waals surface area contributed by atoms with Gasteiger partial charge in [0, 0.05) is 12.2 Å². The molecule has 0 aliphatic carbocycles. The molecule has 0 spiro atoms. The highest BCUT2D eigenvalue weighted by molar-refractivity contribution is 5.47. The molecule has 0 aliphatic heterocycles. The van der Waals surface area contributed by atoms with Gasteiger partial charge in [-0.05, 0) is 43.2 Å². The molecule has 2 heteroatoms. The van der Waals surface area contributed by atoms with Crippen molar-refractivity contribution in [2.75, 3.05) is 11.9 Å². The minimum atomic E-state index is 0.694. The van der Waals surface area contributed by atoms with E-state index in [-0.39, 0.29) is 0 Å². The summed E-state index contributed by atoms with van der Waals surface area (Å²) in [7, 11) is 0. The maximum absolute atomic E-state index is 8.71. The Morgan fingerprint density at radius 1 is 1.11 bits per heavy atom. The zero-order chi connectivity index (χ0) is 12.8. The monoisotopic (exact) mass is 236 g/mol. The fourth-order valence-corrected chi connectivity index (χ4v) is 1.88. The Morgan fingerprint density at radius 2 is 1.89 bits per heavy atom. The number of aryl methyl sites for hydroxylation is 1. The van der Waals surface area contributed by atoms with Crippen LogP contribution < -0.4 is 5.32 Å². The lowest BCUT2D eigenvalue weighted by atomic mass is 10.1. The van der Waals surface area contributed by atoms with Crippen molar-refractivity contribution in [1.29, 1.82) is 5.26 Å². The number of hydrogen-bond acceptors (Lipinski definition) is 2. The Hall–Kier alpha value is -2.27. The van der Waals surface area contributed by atoms with Crippen LogP contribution in [0, 0.1) is 18.3 Å². The van der Waals surface area contributed by atoms with E-state index in [4.69, 9.17) is 5.26 Å². The van der Waals surface area contributed by atoms with Crippen molar-refractivity contribution in [3.8, 4) is 6.07 Å². The normalized spacial score (nSPS) is 9.78. The summed E-state index contributed by atoms with van der Waals surface area (Å²) in [6.07, 6.45) is 1.00. The van der Waals surface area contributed by atoms with E-state index < -0.39 is 0 Å². The molecule has 0 saturated carbocycles. The van der Waals surface area contributed by atoms with Crippen LogP contribution in [0.3, 0.4) is 0 Å². The highest BCUT2D eigenvalue weighted by Crippen LogP contribution is 2.09. The molecule has 0 atom stereocenters. The standard InChI is InChI=1S/C16H16N2/c1-13-3-2-4-14(11-13)9-10-18-16-7-5-15(12-17)6-8-16/h2-8,11,18H,9-10H2,1H3. The molecular weight excluding hydrogens is 220 g/mol. The average Bonchev–Trinajstić information content (AvgIpc) is 2.40. The van der Waals surface area contributed by atoms with Crippen LogP contribution in [-0.2, 0) is 6.42 Å². The van der Waals surface area contributed by atoms with Gasteiger partial charge in [-0.1, -0.05) is 29.8 Å². The third-order valence-corrected chi connectivity index (χ3v) is 2.84. The van der Waals surface area contributed by atoms with E-state index in [1.807, 2.05) is 24.3 Å². The predicted molar refractivity (Wildman–Crippen MR) is 74.5 cm³/mol. The highest BCUT2D eigenvalue weighted by atomic mass is 14.9. The molecule has 0 aromatic heterocycles. The van der Waals surface area contributed by atoms with Crippen LogP contribution in [0.5, 0.6) is 0 Å². The van der Waals surface area contributed by atoms with Gasteiger partial charge in [-0.2, -0.15) is 5.26 Å². The second-order valence-electron chi connectivity index (χ2n) is 4.35. The summed E-state index contributed by atoms with van der Waals surface area (Å²) in [5, 5.41) is 12.1. The van der Waals surface area contributed by atoms with E-state index in [2.05, 4.69) is 42.6 Å². The summed E-state index contributed by atoms with van der Waals surface area (Å²) >= 11 is 0. The fraction of sp³-hybridized carbons (Fsp3) is 0.188. The van der Waals surface area contributed by atoms with E-state index in [9.17, 15) is 0 Å². The Labute approximate surface area is 108 Å². The van der Waals surface area contributed by atoms with E-state index in [1.165, 1.54) is 11.1 Å². The Balaban J connectivity index is 1.86. The topological polar surface area (TPSA) is 35.8 Å². The minimum Gasteiger partial charge on any atom is -0.385 e. The Kier molecular flexibility index (Phi) is 3.98. The van der Waals surface area contributed by atoms with Gasteiger partial charge in [0.1, 0.15) is 0 Å². The van der Waals surface area contributed by atoms with Gasteiger partial charge >= 0.3 is 0 Å². The van der Waals surface area contributed by atoms with E-state index in [0.717, 1.165) is 18.7 Å². The molecule has 0 saturated heterocycles. The van der Waals surface area contributed by atoms with Crippen molar-refractivity contribution in [2.45, 2.75) is 13.3 Å². The van der Waals surface area contributed by atoms with Crippen LogP contribution in [0.25, 0.3) is 0 Å². The van der Waals surface area contributed by atoms with E-state index in [0.29, 0.717) is 5.56 Å². The first-order chi connectivity index (χ1) is 8.78. The summed E-state index contributed by atoms with van der Waals surface area (Å²) in [4.78, 5) is 0. The number of rotatable bonds is 4. The molecule has 0 radical (unpaired) electrons. The third-order valence-electron chi connectivity index (χ3n) is 2.84. The van der Waals surface area contributed by atoms with Crippen molar-refractivity contribution in [3.63, 3.8) is 0 Å². The van der Waals surface area contributed by atoms with Crippen LogP contribution in [-0.4, -0.2) is 6.54 Å². The molecule has 2 rings (SSSR count). The summed E-state index contributed by atoms with van der Waals surface area (Å²) in [5.74, 6) is 0. The molecule has 18 heavy (non-hydrogen) atoms. The number of nitriles is 1. The van der Waals surface area contributed by atoms with Gasteiger partial charge in [0.25, 0.3) is 0 Å². The predicted octanol–water partition coefficient (Wildman–Crippen LogP) is 3.52. The Morgan fingerprint density at radius 3 is 2.56 bits per heavy atom. The molecule has 1 N–H and O–H groups in total. The average molecular weight is 236 g/mol. The summed E-state index contributed by atoms with van der Waals surface area (Å²) in [6, 6.07) is 18.2. The molecule has 0 amide bonds. The quantitative estimate of drug-likeness (QED) is 0.881. The molecule has 0 bridgehead atoms. The molecular formula is C16H16N2. The first-order valence-corrected chi connectivity index (χ1v) is 6.07. The first-order valence-electron chi connectivity index (χ1n) is 6.07. The maximum Gasteiger partial charge on any atom is 0.0991 e. The Bertz CT molecular complexity index is 550. The number of benzene rings is 2. The zero-order valence-electron chi connectivity index (χ0n) is 10.5. The lowest BCUT2D eigenvalue weighted by Crippen LogP contribution is -2.04. The fourth-order valence-electron chi connectivity index (χ4n) is 1.88. The largest absolute Gasteiger partial charge is 0.385 e. The molecule has 2 aromatic rings. The van der Waals surface area contributed by atoms with Crippen molar-refractivity contribution >= 4 is 5.69 Å². The second-order valence-corrected chi connectivity index (χ2v) is 4.35. The van der Waals surface area contributed by atoms with E-state index >= 15 is 0 Å². The molecule has 0 unspecified atom stereocenters. The van der Waals surface area contributed by atoms with Gasteiger partial charge in [0.15, 0.2) is 0 Å². The van der Waals surface area contributed by atoms with Crippen LogP contribution in [0.15, 0.2) is 48.5 Å². The van der Waals surface area contributed by atoms with Crippen LogP contribution in [0.4, 0.5) is 5.69 Å². The molecule has 2 aromatic carbocycles. The number of anilines is 1. The van der Waals surface area contributed by atoms with Crippen molar-refractivity contribution in [3.05, 3.63) is 65.2 Å². The zero-order valence-corrected chi connectivity index (χ0v) is 10.5. The van der Waals surface area contributed by atoms with Crippen LogP contribution in [0.1, 0.15) is 16.7 Å². The summed E-state index contributed by atoms with van der Waals surface area (Å²) in [5.41, 5.74) is 4.39. The number of nitrogens with zero attached hydrogens (tertiary/aromatic N) is 1. The molecule has 2 nitrogen and oxygen atoms in total. The van der Waals surface area contributed by atoms with Crippen LogP contribution in [0.2, 0.25) is 0 Å². The van der Waals surface area contributed by atoms with Crippen molar-refractivity contribution < 1.29 is 0 Å². The lowest BCUT2D eigenvalue weighted by Gasteiger charge is -2.07. The summed E-state index contributed by atoms with van der Waals surface area (Å²) < 4.78 is 0. The van der Waals surface area contributed by atoms with Gasteiger partial charge in [-0.3, -0.25) is 0 Å². The van der Waals surface area contributed by atoms with Gasteiger partial charge in [0.05, 0.1) is 11.6 Å². The second kappa shape index (κ2) is 5.88. The van der Waals surface area contributed by atoms with Crippen LogP contribution >= 0.6 is 0 Å². The molecule has 0 heterocycles. The third kappa shape index (κ3) is 3.36. The summed E-state index contributed by atoms with van der Waals surface area (Å²) in [6.45, 7) is 3.01. The van der Waals surface area contributed by atoms with Gasteiger partial charge in [-0.25, -0.2) is 0 Å². The molecule has 90 valence electrons. The van der Waals surface area contributed by atoms with E-state index in [1.54, 1.807) is 0 Å². The number of hydrogen-bond donors (Lipinski definition) is 1. The minimum absolute atomic E-state index is 0.694. The lowest BCUT2D eigenvalue weighted by molar-refractivity contribution is 1.02. The smallest absolute Gasteiger partial charge is 0.0991 e. The van der Waals surface area contributed by atoms with Gasteiger partial charge < -0.3 is 5.32 Å². The SMILES string of the molecule is Cc1cccc(CCNc2ccc(C#N)cc2)c1. The van der Waals surface area contributed by atoms with Gasteiger partial charge in [0.2, 0.25) is 0 Å². The molecule has 0 aliphatic rings. The molecule has 0 fully saturated rings. The highest BCUT2D eigenvalue weighted by Gasteiger charge is 1.95.